The predicted molar refractivity (Wildman–Crippen MR) is 126 cm³/mol. The van der Waals surface area contributed by atoms with Gasteiger partial charge in [-0.05, 0) is 37.1 Å². The van der Waals surface area contributed by atoms with Crippen LogP contribution in [-0.4, -0.2) is 23.2 Å². The Hall–Kier alpha value is -2.36. The minimum atomic E-state index is 0.702. The number of rotatable bonds is 14. The monoisotopic (exact) mass is 408 g/mol. The Bertz CT molecular complexity index is 835. The van der Waals surface area contributed by atoms with E-state index in [4.69, 9.17) is 9.47 Å². The van der Waals surface area contributed by atoms with E-state index in [0.717, 1.165) is 47.9 Å². The highest BCUT2D eigenvalue weighted by Gasteiger charge is 2.06. The fourth-order valence-electron chi connectivity index (χ4n) is 3.71. The first-order valence-corrected chi connectivity index (χ1v) is 11.8. The Kier molecular flexibility index (Phi) is 9.20. The van der Waals surface area contributed by atoms with Gasteiger partial charge >= 0.3 is 0 Å². The Balaban J connectivity index is 1.58. The van der Waals surface area contributed by atoms with Crippen LogP contribution in [0.15, 0.2) is 36.4 Å². The lowest BCUT2D eigenvalue weighted by atomic mass is 10.1. The average Bonchev–Trinajstić information content (AvgIpc) is 2.78. The van der Waals surface area contributed by atoms with Crippen molar-refractivity contribution in [1.82, 2.24) is 9.97 Å². The smallest absolute Gasteiger partial charge is 0.213 e. The maximum Gasteiger partial charge on any atom is 0.213 e. The van der Waals surface area contributed by atoms with E-state index in [2.05, 4.69) is 35.9 Å². The van der Waals surface area contributed by atoms with Gasteiger partial charge in [-0.2, -0.15) is 0 Å². The van der Waals surface area contributed by atoms with Crippen LogP contribution in [0.4, 0.5) is 0 Å². The molecule has 0 bridgehead atoms. The molecule has 0 amide bonds. The summed E-state index contributed by atoms with van der Waals surface area (Å²) >= 11 is 0. The molecule has 0 unspecified atom stereocenters. The molecule has 3 rings (SSSR count). The molecule has 0 radical (unpaired) electrons. The zero-order chi connectivity index (χ0) is 21.0. The number of pyridine rings is 2. The number of hydrogen-bond acceptors (Lipinski definition) is 4. The lowest BCUT2D eigenvalue weighted by Crippen LogP contribution is -2.00. The van der Waals surface area contributed by atoms with E-state index in [1.807, 2.05) is 24.3 Å². The van der Waals surface area contributed by atoms with Crippen LogP contribution in [0.3, 0.4) is 0 Å². The van der Waals surface area contributed by atoms with E-state index in [-0.39, 0.29) is 0 Å². The maximum atomic E-state index is 5.86. The van der Waals surface area contributed by atoms with Crippen molar-refractivity contribution < 1.29 is 9.47 Å². The van der Waals surface area contributed by atoms with Crippen molar-refractivity contribution in [2.45, 2.75) is 78.1 Å². The van der Waals surface area contributed by atoms with Crippen LogP contribution in [-0.2, 0) is 0 Å². The normalized spacial score (nSPS) is 11.3. The molecule has 0 saturated heterocycles. The van der Waals surface area contributed by atoms with Gasteiger partial charge in [0.25, 0.3) is 0 Å². The highest BCUT2D eigenvalue weighted by molar-refractivity contribution is 6.04. The molecule has 2 heterocycles. The molecular formula is C26H36N2O2. The third-order valence-corrected chi connectivity index (χ3v) is 5.48. The van der Waals surface area contributed by atoms with Crippen molar-refractivity contribution >= 4 is 21.8 Å². The lowest BCUT2D eigenvalue weighted by Gasteiger charge is -2.09. The molecule has 1 aromatic carbocycles. The Morgan fingerprint density at radius 3 is 1.40 bits per heavy atom. The molecule has 0 saturated carbocycles. The van der Waals surface area contributed by atoms with Crippen molar-refractivity contribution in [2.75, 3.05) is 13.2 Å². The molecule has 0 atom stereocenters. The van der Waals surface area contributed by atoms with Gasteiger partial charge in [0.05, 0.1) is 24.2 Å². The Labute approximate surface area is 181 Å². The third kappa shape index (κ3) is 6.58. The van der Waals surface area contributed by atoms with Crippen molar-refractivity contribution in [2.24, 2.45) is 0 Å². The summed E-state index contributed by atoms with van der Waals surface area (Å²) in [6.45, 7) is 5.93. The SMILES string of the molecule is CCCCCCCOc1ccc2c(ccc3nc(OCCCCCCC)ccc32)n1. The molecule has 0 N–H and O–H groups in total. The van der Waals surface area contributed by atoms with Crippen LogP contribution in [0.2, 0.25) is 0 Å². The topological polar surface area (TPSA) is 44.2 Å². The second-order valence-corrected chi connectivity index (χ2v) is 8.02. The fraction of sp³-hybridized carbons (Fsp3) is 0.538. The van der Waals surface area contributed by atoms with Crippen LogP contribution >= 0.6 is 0 Å². The number of fused-ring (bicyclic) bond motifs is 3. The first-order chi connectivity index (χ1) is 14.8. The highest BCUT2D eigenvalue weighted by atomic mass is 16.5. The van der Waals surface area contributed by atoms with Crippen LogP contribution in [0, 0.1) is 0 Å². The number of nitrogens with zero attached hydrogens (tertiary/aromatic N) is 2. The summed E-state index contributed by atoms with van der Waals surface area (Å²) in [5.41, 5.74) is 1.88. The van der Waals surface area contributed by atoms with E-state index in [1.54, 1.807) is 0 Å². The number of unbranched alkanes of at least 4 members (excludes halogenated alkanes) is 8. The van der Waals surface area contributed by atoms with Gasteiger partial charge in [-0.15, -0.1) is 0 Å². The van der Waals surface area contributed by atoms with Crippen LogP contribution in [0.25, 0.3) is 21.8 Å². The average molecular weight is 409 g/mol. The van der Waals surface area contributed by atoms with Crippen LogP contribution in [0.5, 0.6) is 11.8 Å². The third-order valence-electron chi connectivity index (χ3n) is 5.48. The largest absolute Gasteiger partial charge is 0.478 e. The molecule has 4 nitrogen and oxygen atoms in total. The first-order valence-electron chi connectivity index (χ1n) is 11.8. The van der Waals surface area contributed by atoms with Crippen LogP contribution < -0.4 is 9.47 Å². The van der Waals surface area contributed by atoms with Gasteiger partial charge in [0.2, 0.25) is 11.8 Å². The van der Waals surface area contributed by atoms with Crippen molar-refractivity contribution in [3.05, 3.63) is 36.4 Å². The zero-order valence-electron chi connectivity index (χ0n) is 18.7. The number of hydrogen-bond donors (Lipinski definition) is 0. The summed E-state index contributed by atoms with van der Waals surface area (Å²) in [6, 6.07) is 12.2. The molecule has 0 aliphatic heterocycles. The van der Waals surface area contributed by atoms with Crippen molar-refractivity contribution in [3.8, 4) is 11.8 Å². The molecule has 4 heteroatoms. The van der Waals surface area contributed by atoms with Gasteiger partial charge in [-0.25, -0.2) is 9.97 Å². The quantitative estimate of drug-likeness (QED) is 0.205. The standard InChI is InChI=1S/C26H36N2O2/c1-3-5-7-9-11-19-29-25-17-13-21-22-14-18-26(30-20-12-10-8-6-4-2)28-24(22)16-15-23(21)27-25/h13-18H,3-12,19-20H2,1-2H3. The van der Waals surface area contributed by atoms with Crippen LogP contribution in [0.1, 0.15) is 78.1 Å². The summed E-state index contributed by atoms with van der Waals surface area (Å²) in [4.78, 5) is 9.37. The van der Waals surface area contributed by atoms with Gasteiger partial charge in [0.15, 0.2) is 0 Å². The zero-order valence-corrected chi connectivity index (χ0v) is 18.7. The second kappa shape index (κ2) is 12.4. The number of benzene rings is 1. The van der Waals surface area contributed by atoms with Gasteiger partial charge in [-0.1, -0.05) is 65.2 Å². The number of ether oxygens (including phenoxy) is 2. The number of aromatic nitrogens is 2. The summed E-state index contributed by atoms with van der Waals surface area (Å²) < 4.78 is 11.7. The fourth-order valence-corrected chi connectivity index (χ4v) is 3.71. The molecule has 162 valence electrons. The van der Waals surface area contributed by atoms with E-state index < -0.39 is 0 Å². The predicted octanol–water partition coefficient (Wildman–Crippen LogP) is 7.48. The molecule has 3 aromatic rings. The van der Waals surface area contributed by atoms with Gasteiger partial charge in [0, 0.05) is 22.9 Å². The Morgan fingerprint density at radius 1 is 0.533 bits per heavy atom. The van der Waals surface area contributed by atoms with E-state index >= 15 is 0 Å². The minimum Gasteiger partial charge on any atom is -0.478 e. The maximum absolute atomic E-state index is 5.86. The summed E-state index contributed by atoms with van der Waals surface area (Å²) in [6.07, 6.45) is 12.3. The lowest BCUT2D eigenvalue weighted by molar-refractivity contribution is 0.294. The molecule has 0 aliphatic carbocycles. The van der Waals surface area contributed by atoms with Gasteiger partial charge in [0.1, 0.15) is 0 Å². The van der Waals surface area contributed by atoms with E-state index in [9.17, 15) is 0 Å². The van der Waals surface area contributed by atoms with Crippen molar-refractivity contribution in [3.63, 3.8) is 0 Å². The summed E-state index contributed by atoms with van der Waals surface area (Å²) in [5, 5.41) is 2.20. The second-order valence-electron chi connectivity index (χ2n) is 8.02. The van der Waals surface area contributed by atoms with Gasteiger partial charge in [-0.3, -0.25) is 0 Å². The molecular weight excluding hydrogens is 372 g/mol. The summed E-state index contributed by atoms with van der Waals surface area (Å²) in [5.74, 6) is 1.40. The molecule has 30 heavy (non-hydrogen) atoms. The highest BCUT2D eigenvalue weighted by Crippen LogP contribution is 2.27. The Morgan fingerprint density at radius 2 is 0.967 bits per heavy atom. The molecule has 0 fully saturated rings. The van der Waals surface area contributed by atoms with Crippen molar-refractivity contribution in [1.29, 1.82) is 0 Å². The molecule has 0 aliphatic rings. The van der Waals surface area contributed by atoms with E-state index in [1.165, 1.54) is 51.4 Å². The minimum absolute atomic E-state index is 0.702. The first kappa shape index (κ1) is 22.3. The molecule has 0 spiro atoms. The molecule has 2 aromatic heterocycles. The van der Waals surface area contributed by atoms with Gasteiger partial charge < -0.3 is 9.47 Å². The summed E-state index contributed by atoms with van der Waals surface area (Å²) in [7, 11) is 0. The van der Waals surface area contributed by atoms with E-state index in [0.29, 0.717) is 11.8 Å².